The van der Waals surface area contributed by atoms with Crippen LogP contribution in [0.25, 0.3) is 0 Å². The van der Waals surface area contributed by atoms with Crippen LogP contribution in [0.15, 0.2) is 17.3 Å². The Morgan fingerprint density at radius 2 is 2.09 bits per heavy atom. The van der Waals surface area contributed by atoms with E-state index >= 15 is 0 Å². The van der Waals surface area contributed by atoms with Gasteiger partial charge >= 0.3 is 0 Å². The fourth-order valence-corrected chi connectivity index (χ4v) is 3.96. The van der Waals surface area contributed by atoms with E-state index in [1.165, 1.54) is 12.8 Å². The zero-order chi connectivity index (χ0) is 16.2. The summed E-state index contributed by atoms with van der Waals surface area (Å²) in [7, 11) is 0. The van der Waals surface area contributed by atoms with Crippen LogP contribution in [0.5, 0.6) is 0 Å². The van der Waals surface area contributed by atoms with E-state index in [2.05, 4.69) is 40.1 Å². The molecular formula is C17H28N4OS. The van der Waals surface area contributed by atoms with Gasteiger partial charge in [0, 0.05) is 25.4 Å². The Labute approximate surface area is 143 Å². The minimum atomic E-state index is 0.303. The van der Waals surface area contributed by atoms with Crippen molar-refractivity contribution in [3.05, 3.63) is 12.2 Å². The Kier molecular flexibility index (Phi) is 5.64. The van der Waals surface area contributed by atoms with Crippen LogP contribution in [0.4, 0.5) is 5.95 Å². The van der Waals surface area contributed by atoms with E-state index in [4.69, 9.17) is 4.74 Å². The predicted octanol–water partition coefficient (Wildman–Crippen LogP) is 3.36. The van der Waals surface area contributed by atoms with E-state index in [0.717, 1.165) is 67.4 Å². The highest BCUT2D eigenvalue weighted by atomic mass is 32.2. The molecule has 6 heteroatoms. The summed E-state index contributed by atoms with van der Waals surface area (Å²) in [6, 6.07) is 0. The van der Waals surface area contributed by atoms with Gasteiger partial charge in [-0.2, -0.15) is 0 Å². The smallest absolute Gasteiger partial charge is 0.228 e. The van der Waals surface area contributed by atoms with Crippen LogP contribution in [0.3, 0.4) is 0 Å². The number of ether oxygens (including phenoxy) is 1. The molecule has 23 heavy (non-hydrogen) atoms. The van der Waals surface area contributed by atoms with Gasteiger partial charge in [0.05, 0.1) is 12.6 Å². The molecule has 1 aromatic rings. The third kappa shape index (κ3) is 4.29. The van der Waals surface area contributed by atoms with E-state index in [-0.39, 0.29) is 0 Å². The Balaban J connectivity index is 1.77. The topological polar surface area (TPSA) is 43.2 Å². The van der Waals surface area contributed by atoms with Gasteiger partial charge in [0.25, 0.3) is 0 Å². The van der Waals surface area contributed by atoms with E-state index in [1.54, 1.807) is 11.8 Å². The van der Waals surface area contributed by atoms with Crippen LogP contribution in [0, 0.1) is 5.92 Å². The second-order valence-electron chi connectivity index (χ2n) is 6.94. The van der Waals surface area contributed by atoms with Crippen LogP contribution >= 0.6 is 11.8 Å². The van der Waals surface area contributed by atoms with E-state index < -0.39 is 0 Å². The van der Waals surface area contributed by atoms with Crippen molar-refractivity contribution in [1.29, 1.82) is 0 Å². The number of piperidine rings is 1. The van der Waals surface area contributed by atoms with Crippen LogP contribution in [-0.4, -0.2) is 46.3 Å². The first-order valence-corrected chi connectivity index (χ1v) is 9.69. The molecule has 3 heterocycles. The van der Waals surface area contributed by atoms with Crippen LogP contribution in [0.1, 0.15) is 39.5 Å². The number of nitrogens with zero attached hydrogens (tertiary/aromatic N) is 4. The molecule has 1 aromatic heterocycles. The van der Waals surface area contributed by atoms with Crippen molar-refractivity contribution in [2.24, 2.45) is 5.92 Å². The number of rotatable bonds is 6. The minimum Gasteiger partial charge on any atom is -0.376 e. The van der Waals surface area contributed by atoms with Gasteiger partial charge in [-0.05, 0) is 38.5 Å². The highest BCUT2D eigenvalue weighted by Gasteiger charge is 2.25. The van der Waals surface area contributed by atoms with Gasteiger partial charge in [-0.3, -0.25) is 4.57 Å². The highest BCUT2D eigenvalue weighted by Crippen LogP contribution is 2.28. The number of hydrogen-bond acceptors (Lipinski definition) is 5. The first-order chi connectivity index (χ1) is 11.1. The molecule has 0 saturated carbocycles. The van der Waals surface area contributed by atoms with Crippen LogP contribution < -0.4 is 4.90 Å². The Bertz CT molecular complexity index is 531. The van der Waals surface area contributed by atoms with Gasteiger partial charge in [0.15, 0.2) is 5.16 Å². The molecule has 1 atom stereocenters. The molecule has 0 N–H and O–H groups in total. The first-order valence-electron chi connectivity index (χ1n) is 8.70. The minimum absolute atomic E-state index is 0.303. The fraction of sp³-hybridized carbons (Fsp3) is 0.765. The SMILES string of the molecule is C=C(C)CSc1nnc(N2CCC(C)CC2)n1C[C@H]1CCCO1. The van der Waals surface area contributed by atoms with Crippen molar-refractivity contribution in [3.63, 3.8) is 0 Å². The average Bonchev–Trinajstić information content (AvgIpc) is 3.17. The summed E-state index contributed by atoms with van der Waals surface area (Å²) in [5.74, 6) is 2.73. The molecule has 3 rings (SSSR count). The molecule has 2 fully saturated rings. The molecular weight excluding hydrogens is 308 g/mol. The second-order valence-corrected chi connectivity index (χ2v) is 7.89. The summed E-state index contributed by atoms with van der Waals surface area (Å²) in [6.07, 6.45) is 5.08. The lowest BCUT2D eigenvalue weighted by atomic mass is 10.00. The lowest BCUT2D eigenvalue weighted by Crippen LogP contribution is -2.35. The summed E-state index contributed by atoms with van der Waals surface area (Å²) < 4.78 is 8.12. The number of aromatic nitrogens is 3. The number of thioether (sulfide) groups is 1. The van der Waals surface area contributed by atoms with E-state index in [9.17, 15) is 0 Å². The molecule has 128 valence electrons. The summed E-state index contributed by atoms with van der Waals surface area (Å²) in [5, 5.41) is 9.98. The summed E-state index contributed by atoms with van der Waals surface area (Å²) in [6.45, 7) is 12.3. The third-order valence-corrected chi connectivity index (χ3v) is 5.82. The van der Waals surface area contributed by atoms with Gasteiger partial charge in [-0.25, -0.2) is 0 Å². The summed E-state index contributed by atoms with van der Waals surface area (Å²) in [4.78, 5) is 2.40. The maximum atomic E-state index is 5.84. The third-order valence-electron chi connectivity index (χ3n) is 4.62. The number of anilines is 1. The van der Waals surface area contributed by atoms with Gasteiger partial charge < -0.3 is 9.64 Å². The van der Waals surface area contributed by atoms with Crippen molar-refractivity contribution >= 4 is 17.7 Å². The van der Waals surface area contributed by atoms with Gasteiger partial charge in [-0.1, -0.05) is 30.8 Å². The molecule has 0 aliphatic carbocycles. The van der Waals surface area contributed by atoms with Crippen molar-refractivity contribution in [2.45, 2.75) is 57.3 Å². The number of hydrogen-bond donors (Lipinski definition) is 0. The summed E-state index contributed by atoms with van der Waals surface area (Å²) >= 11 is 1.73. The van der Waals surface area contributed by atoms with Gasteiger partial charge in [0.2, 0.25) is 5.95 Å². The highest BCUT2D eigenvalue weighted by molar-refractivity contribution is 7.99. The molecule has 0 bridgehead atoms. The molecule has 0 amide bonds. The molecule has 2 saturated heterocycles. The maximum Gasteiger partial charge on any atom is 0.228 e. The normalized spacial score (nSPS) is 22.7. The maximum absolute atomic E-state index is 5.84. The quantitative estimate of drug-likeness (QED) is 0.589. The standard InChI is InChI=1S/C17H28N4OS/c1-13(2)12-23-17-19-18-16(20-8-6-14(3)7-9-20)21(17)11-15-5-4-10-22-15/h14-15H,1,4-12H2,2-3H3/t15-/m1/s1. The zero-order valence-electron chi connectivity index (χ0n) is 14.3. The van der Waals surface area contributed by atoms with Crippen LogP contribution in [-0.2, 0) is 11.3 Å². The van der Waals surface area contributed by atoms with Crippen molar-refractivity contribution < 1.29 is 4.74 Å². The van der Waals surface area contributed by atoms with Crippen molar-refractivity contribution in [1.82, 2.24) is 14.8 Å². The van der Waals surface area contributed by atoms with Crippen molar-refractivity contribution in [2.75, 3.05) is 30.3 Å². The lowest BCUT2D eigenvalue weighted by Gasteiger charge is -2.31. The zero-order valence-corrected chi connectivity index (χ0v) is 15.1. The van der Waals surface area contributed by atoms with E-state index in [0.29, 0.717) is 6.10 Å². The largest absolute Gasteiger partial charge is 0.376 e. The van der Waals surface area contributed by atoms with E-state index in [1.807, 2.05) is 0 Å². The average molecular weight is 337 g/mol. The Hall–Kier alpha value is -1.01. The molecule has 2 aliphatic rings. The molecule has 0 unspecified atom stereocenters. The fourth-order valence-electron chi connectivity index (χ4n) is 3.17. The Morgan fingerprint density at radius 3 is 2.74 bits per heavy atom. The molecule has 0 radical (unpaired) electrons. The monoisotopic (exact) mass is 336 g/mol. The lowest BCUT2D eigenvalue weighted by molar-refractivity contribution is 0.0951. The predicted molar refractivity (Wildman–Crippen MR) is 95.1 cm³/mol. The van der Waals surface area contributed by atoms with Gasteiger partial charge in [-0.15, -0.1) is 10.2 Å². The Morgan fingerprint density at radius 1 is 1.30 bits per heavy atom. The van der Waals surface area contributed by atoms with Crippen LogP contribution in [0.2, 0.25) is 0 Å². The van der Waals surface area contributed by atoms with Gasteiger partial charge in [0.1, 0.15) is 0 Å². The summed E-state index contributed by atoms with van der Waals surface area (Å²) in [5.41, 5.74) is 1.16. The van der Waals surface area contributed by atoms with Crippen molar-refractivity contribution in [3.8, 4) is 0 Å². The molecule has 2 aliphatic heterocycles. The second kappa shape index (κ2) is 7.71. The molecule has 0 aromatic carbocycles. The molecule has 0 spiro atoms. The first kappa shape index (κ1) is 16.8. The molecule has 5 nitrogen and oxygen atoms in total.